The van der Waals surface area contributed by atoms with Gasteiger partial charge in [-0.15, -0.1) is 0 Å². The van der Waals surface area contributed by atoms with E-state index in [1.807, 2.05) is 17.9 Å². The number of carbonyl (C=O) groups excluding carboxylic acids is 3. The van der Waals surface area contributed by atoms with Gasteiger partial charge in [-0.2, -0.15) is 5.26 Å². The molecule has 3 fully saturated rings. The first kappa shape index (κ1) is 27.4. The minimum atomic E-state index is -1.02. The van der Waals surface area contributed by atoms with Gasteiger partial charge < -0.3 is 25.0 Å². The molecule has 3 heterocycles. The molecule has 3 aliphatic rings. The molecule has 3 aliphatic heterocycles. The summed E-state index contributed by atoms with van der Waals surface area (Å²) >= 11 is 0. The van der Waals surface area contributed by atoms with Crippen molar-refractivity contribution in [2.24, 2.45) is 0 Å². The fourth-order valence-electron chi connectivity index (χ4n) is 5.73. The number of alkyl carbamates (subject to hydrolysis) is 1. The molecule has 3 amide bonds. The number of aromatic carboxylic acids is 1. The van der Waals surface area contributed by atoms with Crippen LogP contribution in [0.1, 0.15) is 68.9 Å². The second-order valence-corrected chi connectivity index (χ2v) is 11.2. The molecule has 2 bridgehead atoms. The fraction of sp³-hybridized carbons (Fsp3) is 0.593. The number of piperazine rings is 1. The maximum Gasteiger partial charge on any atom is 0.408 e. The van der Waals surface area contributed by atoms with Gasteiger partial charge in [-0.1, -0.05) is 12.1 Å². The largest absolute Gasteiger partial charge is 0.478 e. The second kappa shape index (κ2) is 10.6. The summed E-state index contributed by atoms with van der Waals surface area (Å²) in [5.41, 5.74) is 0.158. The van der Waals surface area contributed by atoms with Gasteiger partial charge in [0, 0.05) is 25.7 Å². The zero-order valence-corrected chi connectivity index (χ0v) is 22.2. The van der Waals surface area contributed by atoms with E-state index in [4.69, 9.17) is 4.74 Å². The van der Waals surface area contributed by atoms with Gasteiger partial charge in [0.15, 0.2) is 0 Å². The van der Waals surface area contributed by atoms with Crippen molar-refractivity contribution in [2.45, 2.75) is 82.8 Å². The number of amides is 3. The van der Waals surface area contributed by atoms with E-state index < -0.39 is 35.8 Å². The van der Waals surface area contributed by atoms with Gasteiger partial charge in [0.2, 0.25) is 11.8 Å². The van der Waals surface area contributed by atoms with Crippen LogP contribution in [0.3, 0.4) is 0 Å². The van der Waals surface area contributed by atoms with Crippen LogP contribution in [0.25, 0.3) is 0 Å². The summed E-state index contributed by atoms with van der Waals surface area (Å²) in [6, 6.07) is 6.38. The number of likely N-dealkylation sites (tertiary alicyclic amines) is 3. The molecule has 4 rings (SSSR count). The molecule has 0 saturated carbocycles. The van der Waals surface area contributed by atoms with Crippen LogP contribution >= 0.6 is 0 Å². The van der Waals surface area contributed by atoms with Crippen molar-refractivity contribution in [1.29, 1.82) is 5.26 Å². The number of rotatable bonds is 7. The monoisotopic (exact) mass is 525 g/mol. The molecule has 11 nitrogen and oxygen atoms in total. The van der Waals surface area contributed by atoms with Gasteiger partial charge in [0.25, 0.3) is 0 Å². The molecule has 204 valence electrons. The van der Waals surface area contributed by atoms with Crippen LogP contribution in [0.4, 0.5) is 4.79 Å². The Balaban J connectivity index is 1.49. The summed E-state index contributed by atoms with van der Waals surface area (Å²) in [6.07, 6.45) is 1.16. The Morgan fingerprint density at radius 3 is 2.66 bits per heavy atom. The van der Waals surface area contributed by atoms with Crippen LogP contribution in [-0.2, 0) is 14.3 Å². The Morgan fingerprint density at radius 1 is 1.29 bits per heavy atom. The molecule has 11 heteroatoms. The summed E-state index contributed by atoms with van der Waals surface area (Å²) in [5.74, 6) is -1.47. The maximum absolute atomic E-state index is 13.5. The summed E-state index contributed by atoms with van der Waals surface area (Å²) in [4.78, 5) is 56.1. The number of hydrogen-bond acceptors (Lipinski definition) is 7. The third-order valence-corrected chi connectivity index (χ3v) is 7.44. The van der Waals surface area contributed by atoms with E-state index in [1.165, 1.54) is 11.0 Å². The molecule has 0 aromatic heterocycles. The quantitative estimate of drug-likeness (QED) is 0.551. The van der Waals surface area contributed by atoms with E-state index in [-0.39, 0.29) is 36.0 Å². The topological polar surface area (TPSA) is 143 Å². The lowest BCUT2D eigenvalue weighted by Gasteiger charge is -2.39. The van der Waals surface area contributed by atoms with Crippen molar-refractivity contribution >= 4 is 23.9 Å². The molecular weight excluding hydrogens is 490 g/mol. The van der Waals surface area contributed by atoms with Crippen molar-refractivity contribution in [3.05, 3.63) is 35.4 Å². The van der Waals surface area contributed by atoms with E-state index in [0.717, 1.165) is 5.56 Å². The Hall–Kier alpha value is -3.65. The van der Waals surface area contributed by atoms with Crippen molar-refractivity contribution in [2.75, 3.05) is 19.6 Å². The van der Waals surface area contributed by atoms with Crippen LogP contribution in [0.15, 0.2) is 24.3 Å². The smallest absolute Gasteiger partial charge is 0.408 e. The van der Waals surface area contributed by atoms with Crippen molar-refractivity contribution in [1.82, 2.24) is 20.0 Å². The lowest BCUT2D eigenvalue weighted by molar-refractivity contribution is -0.141. The normalized spacial score (nSPS) is 24.7. The molecule has 1 aromatic carbocycles. The third kappa shape index (κ3) is 5.60. The molecule has 5 atom stereocenters. The summed E-state index contributed by atoms with van der Waals surface area (Å²) in [7, 11) is 0. The van der Waals surface area contributed by atoms with E-state index >= 15 is 0 Å². The van der Waals surface area contributed by atoms with Gasteiger partial charge in [-0.3, -0.25) is 14.5 Å². The van der Waals surface area contributed by atoms with Crippen molar-refractivity contribution in [3.63, 3.8) is 0 Å². The average Bonchev–Trinajstić information content (AvgIpc) is 3.56. The minimum Gasteiger partial charge on any atom is -0.478 e. The number of carboxylic acid groups (broad SMARTS) is 1. The second-order valence-electron chi connectivity index (χ2n) is 11.2. The first-order valence-corrected chi connectivity index (χ1v) is 13.0. The highest BCUT2D eigenvalue weighted by atomic mass is 16.6. The molecular formula is C27H35N5O6. The lowest BCUT2D eigenvalue weighted by atomic mass is 10.0. The Bertz CT molecular complexity index is 1160. The first-order valence-electron chi connectivity index (χ1n) is 13.0. The number of benzene rings is 1. The molecule has 0 aliphatic carbocycles. The maximum atomic E-state index is 13.5. The predicted molar refractivity (Wildman–Crippen MR) is 136 cm³/mol. The number of ether oxygens (including phenoxy) is 1. The Kier molecular flexibility index (Phi) is 7.65. The zero-order valence-electron chi connectivity index (χ0n) is 22.2. The minimum absolute atomic E-state index is 0.0889. The van der Waals surface area contributed by atoms with E-state index in [9.17, 15) is 29.5 Å². The van der Waals surface area contributed by atoms with Crippen LogP contribution in [0.2, 0.25) is 0 Å². The van der Waals surface area contributed by atoms with E-state index in [2.05, 4.69) is 11.4 Å². The van der Waals surface area contributed by atoms with Crippen molar-refractivity contribution in [3.8, 4) is 6.07 Å². The number of hydrogen-bond donors (Lipinski definition) is 2. The average molecular weight is 526 g/mol. The summed E-state index contributed by atoms with van der Waals surface area (Å²) in [6.45, 7) is 8.16. The standard InChI is InChI=1S/C27H35N5O6/c1-16(17-7-5-8-18(11-17)25(35)36)32-20-12-22(24(32)34)30(14-20)15-21(29-26(37)38-27(2,3)4)23(33)31-10-6-9-19(31)13-28/h5,7-8,11,16,19-22H,6,9-10,12,14-15H2,1-4H3,(H,29,37)(H,35,36)/t16-,19?,20-,21?,22?/m0/s1. The molecule has 3 saturated heterocycles. The zero-order chi connectivity index (χ0) is 27.8. The molecule has 0 radical (unpaired) electrons. The first-order chi connectivity index (χ1) is 17.9. The number of nitrogens with zero attached hydrogens (tertiary/aromatic N) is 4. The predicted octanol–water partition coefficient (Wildman–Crippen LogP) is 2.14. The van der Waals surface area contributed by atoms with Gasteiger partial charge in [-0.05, 0) is 64.7 Å². The third-order valence-electron chi connectivity index (χ3n) is 7.44. The summed E-state index contributed by atoms with van der Waals surface area (Å²) in [5, 5.41) is 21.5. The van der Waals surface area contributed by atoms with E-state index in [1.54, 1.807) is 37.8 Å². The van der Waals surface area contributed by atoms with Crippen LogP contribution in [-0.4, -0.2) is 93.1 Å². The van der Waals surface area contributed by atoms with Crippen LogP contribution < -0.4 is 5.32 Å². The van der Waals surface area contributed by atoms with Gasteiger partial charge >= 0.3 is 12.1 Å². The fourth-order valence-corrected chi connectivity index (χ4v) is 5.73. The highest BCUT2D eigenvalue weighted by Crippen LogP contribution is 2.38. The molecule has 38 heavy (non-hydrogen) atoms. The van der Waals surface area contributed by atoms with Crippen LogP contribution in [0, 0.1) is 11.3 Å². The number of carboxylic acids is 1. The van der Waals surface area contributed by atoms with Crippen molar-refractivity contribution < 1.29 is 29.0 Å². The number of nitrogens with one attached hydrogen (secondary N) is 1. The summed E-state index contributed by atoms with van der Waals surface area (Å²) < 4.78 is 5.38. The number of nitriles is 1. The highest BCUT2D eigenvalue weighted by molar-refractivity contribution is 5.89. The lowest BCUT2D eigenvalue weighted by Crippen LogP contribution is -2.59. The molecule has 2 N–H and O–H groups in total. The molecule has 3 unspecified atom stereocenters. The van der Waals surface area contributed by atoms with Gasteiger partial charge in [0.05, 0.1) is 23.7 Å². The Labute approximate surface area is 222 Å². The molecule has 1 aromatic rings. The van der Waals surface area contributed by atoms with Gasteiger partial charge in [0.1, 0.15) is 17.7 Å². The highest BCUT2D eigenvalue weighted by Gasteiger charge is 2.52. The Morgan fingerprint density at radius 2 is 2.03 bits per heavy atom. The van der Waals surface area contributed by atoms with Gasteiger partial charge in [-0.25, -0.2) is 9.59 Å². The number of fused-ring (bicyclic) bond motifs is 2. The van der Waals surface area contributed by atoms with Crippen LogP contribution in [0.5, 0.6) is 0 Å². The number of carbonyl (C=O) groups is 4. The van der Waals surface area contributed by atoms with E-state index in [0.29, 0.717) is 32.4 Å². The SMILES string of the molecule is C[C@@H](c1cccc(C(=O)O)c1)N1C(=O)C2C[C@H]1CN2CC(NC(=O)OC(C)(C)C)C(=O)N1CCCC1C#N. The molecule has 0 spiro atoms.